The van der Waals surface area contributed by atoms with E-state index in [-0.39, 0.29) is 11.3 Å². The molecule has 0 fully saturated rings. The lowest BCUT2D eigenvalue weighted by molar-refractivity contribution is 0.0957. The molecule has 0 spiro atoms. The Hall–Kier alpha value is -2.89. The van der Waals surface area contributed by atoms with Crippen molar-refractivity contribution in [2.45, 2.75) is 26.3 Å². The lowest BCUT2D eigenvalue weighted by Crippen LogP contribution is -2.37. The van der Waals surface area contributed by atoms with E-state index in [0.29, 0.717) is 29.6 Å². The Morgan fingerprint density at radius 2 is 1.76 bits per heavy atom. The molecule has 1 aliphatic rings. The van der Waals surface area contributed by atoms with Crippen LogP contribution in [0.2, 0.25) is 0 Å². The molecule has 3 heterocycles. The maximum absolute atomic E-state index is 12.9. The fourth-order valence-electron chi connectivity index (χ4n) is 3.82. The minimum atomic E-state index is -0.417. The summed E-state index contributed by atoms with van der Waals surface area (Å²) in [6, 6.07) is 7.88. The highest BCUT2D eigenvalue weighted by atomic mass is 16.2. The summed E-state index contributed by atoms with van der Waals surface area (Å²) >= 11 is 0. The van der Waals surface area contributed by atoms with Crippen LogP contribution in [0.1, 0.15) is 28.9 Å². The van der Waals surface area contributed by atoms with Crippen LogP contribution >= 0.6 is 0 Å². The minimum Gasteiger partial charge on any atom is -0.336 e. The SMILES string of the molecule is Cc1cccc(-c2c3c(=O)n(C)c(=O)n(C)c3c3n2CCCC3=O)c1. The third kappa shape index (κ3) is 2.06. The summed E-state index contributed by atoms with van der Waals surface area (Å²) < 4.78 is 4.45. The van der Waals surface area contributed by atoms with Gasteiger partial charge >= 0.3 is 5.69 Å². The summed E-state index contributed by atoms with van der Waals surface area (Å²) in [5, 5.41) is 0.445. The molecule has 0 bridgehead atoms. The van der Waals surface area contributed by atoms with Crippen molar-refractivity contribution in [3.05, 3.63) is 56.4 Å². The average molecular weight is 337 g/mol. The van der Waals surface area contributed by atoms with Crippen LogP contribution in [0, 0.1) is 6.92 Å². The molecule has 128 valence electrons. The van der Waals surface area contributed by atoms with E-state index in [2.05, 4.69) is 0 Å². The first kappa shape index (κ1) is 15.6. The number of ketones is 1. The van der Waals surface area contributed by atoms with Gasteiger partial charge in [-0.15, -0.1) is 0 Å². The van der Waals surface area contributed by atoms with Crippen molar-refractivity contribution in [3.8, 4) is 11.3 Å². The maximum Gasteiger partial charge on any atom is 0.331 e. The molecule has 4 rings (SSSR count). The zero-order chi connectivity index (χ0) is 17.9. The fourth-order valence-corrected chi connectivity index (χ4v) is 3.82. The number of carbonyl (C=O) groups excluding carboxylic acids is 1. The van der Waals surface area contributed by atoms with Gasteiger partial charge in [-0.05, 0) is 25.0 Å². The van der Waals surface area contributed by atoms with E-state index in [1.165, 1.54) is 11.6 Å². The second-order valence-electron chi connectivity index (χ2n) is 6.67. The number of fused-ring (bicyclic) bond motifs is 3. The van der Waals surface area contributed by atoms with Gasteiger partial charge < -0.3 is 4.57 Å². The number of carbonyl (C=O) groups is 1. The number of hydrogen-bond donors (Lipinski definition) is 0. The third-order valence-corrected chi connectivity index (χ3v) is 5.01. The van der Waals surface area contributed by atoms with Crippen LogP contribution in [0.5, 0.6) is 0 Å². The number of nitrogens with zero attached hydrogens (tertiary/aromatic N) is 3. The molecule has 0 aliphatic carbocycles. The van der Waals surface area contributed by atoms with E-state index in [4.69, 9.17) is 0 Å². The number of aromatic nitrogens is 3. The van der Waals surface area contributed by atoms with Gasteiger partial charge in [0, 0.05) is 27.1 Å². The second-order valence-corrected chi connectivity index (χ2v) is 6.67. The molecule has 25 heavy (non-hydrogen) atoms. The van der Waals surface area contributed by atoms with Gasteiger partial charge in [-0.3, -0.25) is 18.7 Å². The predicted molar refractivity (Wildman–Crippen MR) is 96.2 cm³/mol. The Balaban J connectivity index is 2.29. The van der Waals surface area contributed by atoms with Crippen molar-refractivity contribution in [2.75, 3.05) is 0 Å². The van der Waals surface area contributed by atoms with Crippen molar-refractivity contribution in [1.82, 2.24) is 13.7 Å². The topological polar surface area (TPSA) is 66.0 Å². The molecule has 3 aromatic rings. The summed E-state index contributed by atoms with van der Waals surface area (Å²) in [6.45, 7) is 2.65. The van der Waals surface area contributed by atoms with E-state index in [0.717, 1.165) is 27.8 Å². The highest BCUT2D eigenvalue weighted by Crippen LogP contribution is 2.35. The van der Waals surface area contributed by atoms with E-state index in [1.807, 2.05) is 35.8 Å². The maximum atomic E-state index is 12.9. The Morgan fingerprint density at radius 1 is 1.00 bits per heavy atom. The van der Waals surface area contributed by atoms with Crippen molar-refractivity contribution < 1.29 is 4.79 Å². The molecule has 0 radical (unpaired) electrons. The highest BCUT2D eigenvalue weighted by Gasteiger charge is 2.30. The van der Waals surface area contributed by atoms with Crippen molar-refractivity contribution in [1.29, 1.82) is 0 Å². The van der Waals surface area contributed by atoms with Crippen LogP contribution in [-0.4, -0.2) is 19.5 Å². The van der Waals surface area contributed by atoms with Gasteiger partial charge in [-0.1, -0.05) is 23.8 Å². The van der Waals surface area contributed by atoms with Crippen molar-refractivity contribution >= 4 is 16.7 Å². The largest absolute Gasteiger partial charge is 0.336 e. The molecular weight excluding hydrogens is 318 g/mol. The van der Waals surface area contributed by atoms with Gasteiger partial charge in [0.15, 0.2) is 5.78 Å². The Bertz CT molecular complexity index is 1160. The van der Waals surface area contributed by atoms with Crippen LogP contribution < -0.4 is 11.2 Å². The van der Waals surface area contributed by atoms with Crippen molar-refractivity contribution in [3.63, 3.8) is 0 Å². The third-order valence-electron chi connectivity index (χ3n) is 5.01. The Labute approximate surface area is 143 Å². The van der Waals surface area contributed by atoms with Crippen LogP contribution in [0.3, 0.4) is 0 Å². The van der Waals surface area contributed by atoms with Crippen LogP contribution in [0.4, 0.5) is 0 Å². The molecule has 0 saturated heterocycles. The smallest absolute Gasteiger partial charge is 0.331 e. The normalized spacial score (nSPS) is 14.1. The molecule has 0 saturated carbocycles. The molecule has 0 N–H and O–H groups in total. The van der Waals surface area contributed by atoms with Gasteiger partial charge in [0.05, 0.1) is 16.6 Å². The molecule has 0 amide bonds. The van der Waals surface area contributed by atoms with E-state index in [9.17, 15) is 14.4 Å². The lowest BCUT2D eigenvalue weighted by atomic mass is 10.1. The molecule has 1 aromatic carbocycles. The zero-order valence-electron chi connectivity index (χ0n) is 14.5. The Morgan fingerprint density at radius 3 is 2.48 bits per heavy atom. The summed E-state index contributed by atoms with van der Waals surface area (Å²) in [4.78, 5) is 38.0. The Kier molecular flexibility index (Phi) is 3.32. The molecule has 0 atom stereocenters. The van der Waals surface area contributed by atoms with Crippen molar-refractivity contribution in [2.24, 2.45) is 14.1 Å². The van der Waals surface area contributed by atoms with E-state index < -0.39 is 5.69 Å². The van der Waals surface area contributed by atoms with Gasteiger partial charge in [0.1, 0.15) is 5.69 Å². The number of aryl methyl sites for hydroxylation is 2. The fraction of sp³-hybridized carbons (Fsp3) is 0.316. The van der Waals surface area contributed by atoms with Gasteiger partial charge in [-0.25, -0.2) is 4.79 Å². The van der Waals surface area contributed by atoms with Gasteiger partial charge in [-0.2, -0.15) is 0 Å². The van der Waals surface area contributed by atoms with Gasteiger partial charge in [0.25, 0.3) is 5.56 Å². The second kappa shape index (κ2) is 5.31. The number of Topliss-reactive ketones (excluding diaryl/α,β-unsaturated/α-hetero) is 1. The monoisotopic (exact) mass is 337 g/mol. The lowest BCUT2D eigenvalue weighted by Gasteiger charge is -2.17. The average Bonchev–Trinajstić information content (AvgIpc) is 2.94. The molecule has 1 aliphatic heterocycles. The summed E-state index contributed by atoms with van der Waals surface area (Å²) in [5.41, 5.74) is 2.86. The number of hydrogen-bond acceptors (Lipinski definition) is 3. The van der Waals surface area contributed by atoms with Crippen LogP contribution in [0.25, 0.3) is 22.2 Å². The molecule has 0 unspecified atom stereocenters. The highest BCUT2D eigenvalue weighted by molar-refractivity contribution is 6.11. The predicted octanol–water partition coefficient (Wildman–Crippen LogP) is 1.99. The number of rotatable bonds is 1. The summed E-state index contributed by atoms with van der Waals surface area (Å²) in [5.74, 6) is -0.0154. The quantitative estimate of drug-likeness (QED) is 0.682. The molecule has 6 nitrogen and oxygen atoms in total. The van der Waals surface area contributed by atoms with Crippen LogP contribution in [0.15, 0.2) is 33.9 Å². The number of benzene rings is 1. The first-order chi connectivity index (χ1) is 11.9. The van der Waals surface area contributed by atoms with Gasteiger partial charge in [0.2, 0.25) is 0 Å². The molecular formula is C19H19N3O3. The zero-order valence-corrected chi connectivity index (χ0v) is 14.5. The van der Waals surface area contributed by atoms with Crippen LogP contribution in [-0.2, 0) is 20.6 Å². The van der Waals surface area contributed by atoms with E-state index >= 15 is 0 Å². The molecule has 6 heteroatoms. The first-order valence-corrected chi connectivity index (χ1v) is 8.34. The van der Waals surface area contributed by atoms with E-state index in [1.54, 1.807) is 7.05 Å². The summed E-state index contributed by atoms with van der Waals surface area (Å²) in [6.07, 6.45) is 1.18. The summed E-state index contributed by atoms with van der Waals surface area (Å²) in [7, 11) is 3.09. The molecule has 2 aromatic heterocycles. The standard InChI is InChI=1S/C19H19N3O3/c1-11-6-4-7-12(10-11)15-14-17(16-13(23)8-5-9-22(15)16)20(2)19(25)21(3)18(14)24/h4,6-7,10H,5,8-9H2,1-3H3. The minimum absolute atomic E-state index is 0.0154. The first-order valence-electron chi connectivity index (χ1n) is 8.34.